The van der Waals surface area contributed by atoms with Gasteiger partial charge in [-0.15, -0.1) is 12.4 Å². The summed E-state index contributed by atoms with van der Waals surface area (Å²) in [7, 11) is 0. The van der Waals surface area contributed by atoms with E-state index in [0.717, 1.165) is 45.3 Å². The second kappa shape index (κ2) is 8.59. The number of rotatable bonds is 5. The van der Waals surface area contributed by atoms with Crippen molar-refractivity contribution in [1.82, 2.24) is 15.5 Å². The predicted molar refractivity (Wildman–Crippen MR) is 85.4 cm³/mol. The zero-order valence-corrected chi connectivity index (χ0v) is 13.9. The Labute approximate surface area is 133 Å². The molecule has 0 aromatic carbocycles. The third kappa shape index (κ3) is 4.58. The fraction of sp³-hybridized carbons (Fsp3) is 0.867. The van der Waals surface area contributed by atoms with Crippen LogP contribution in [0.4, 0.5) is 0 Å². The average Bonchev–Trinajstić information content (AvgIpc) is 2.37. The minimum absolute atomic E-state index is 0. The van der Waals surface area contributed by atoms with Crippen molar-refractivity contribution in [3.8, 4) is 0 Å². The first-order valence-electron chi connectivity index (χ1n) is 7.92. The third-order valence-corrected chi connectivity index (χ3v) is 4.50. The molecule has 21 heavy (non-hydrogen) atoms. The largest absolute Gasteiger partial charge is 0.356 e. The number of piperidine rings is 1. The van der Waals surface area contributed by atoms with Gasteiger partial charge in [-0.25, -0.2) is 0 Å². The molecule has 2 amide bonds. The second-order valence-electron chi connectivity index (χ2n) is 6.11. The number of hydrogen-bond acceptors (Lipinski definition) is 3. The molecule has 2 rings (SSSR count). The van der Waals surface area contributed by atoms with Gasteiger partial charge < -0.3 is 15.5 Å². The Morgan fingerprint density at radius 3 is 2.52 bits per heavy atom. The number of halogens is 1. The molecule has 2 saturated heterocycles. The fourth-order valence-electron chi connectivity index (χ4n) is 2.86. The SMILES string of the molecule is CCCCNC(=O)C1CCC(C)N(C(=O)C2CNC2)C1.Cl. The van der Waals surface area contributed by atoms with Crippen LogP contribution in [0, 0.1) is 11.8 Å². The van der Waals surface area contributed by atoms with Crippen molar-refractivity contribution in [2.24, 2.45) is 11.8 Å². The van der Waals surface area contributed by atoms with E-state index in [-0.39, 0.29) is 42.1 Å². The molecule has 0 saturated carbocycles. The first-order valence-corrected chi connectivity index (χ1v) is 7.92. The van der Waals surface area contributed by atoms with Crippen molar-refractivity contribution in [3.63, 3.8) is 0 Å². The molecule has 0 radical (unpaired) electrons. The molecule has 122 valence electrons. The van der Waals surface area contributed by atoms with E-state index in [2.05, 4.69) is 24.5 Å². The summed E-state index contributed by atoms with van der Waals surface area (Å²) in [5.41, 5.74) is 0. The summed E-state index contributed by atoms with van der Waals surface area (Å²) < 4.78 is 0. The lowest BCUT2D eigenvalue weighted by atomic mass is 9.90. The van der Waals surface area contributed by atoms with E-state index in [1.807, 2.05) is 4.90 Å². The summed E-state index contributed by atoms with van der Waals surface area (Å²) in [6, 6.07) is 0.266. The number of nitrogens with one attached hydrogen (secondary N) is 2. The van der Waals surface area contributed by atoms with Crippen LogP contribution in [0.2, 0.25) is 0 Å². The lowest BCUT2D eigenvalue weighted by molar-refractivity contribution is -0.143. The molecule has 2 N–H and O–H groups in total. The van der Waals surface area contributed by atoms with E-state index >= 15 is 0 Å². The Morgan fingerprint density at radius 2 is 1.95 bits per heavy atom. The van der Waals surface area contributed by atoms with E-state index in [1.165, 1.54) is 0 Å². The van der Waals surface area contributed by atoms with E-state index in [0.29, 0.717) is 6.54 Å². The number of carbonyl (C=O) groups excluding carboxylic acids is 2. The Kier molecular flexibility index (Phi) is 7.46. The van der Waals surface area contributed by atoms with E-state index in [4.69, 9.17) is 0 Å². The fourth-order valence-corrected chi connectivity index (χ4v) is 2.86. The summed E-state index contributed by atoms with van der Waals surface area (Å²) in [5.74, 6) is 0.441. The van der Waals surface area contributed by atoms with Crippen LogP contribution in [0.3, 0.4) is 0 Å². The molecule has 0 aromatic heterocycles. The molecule has 2 fully saturated rings. The van der Waals surface area contributed by atoms with Gasteiger partial charge in [0.05, 0.1) is 11.8 Å². The van der Waals surface area contributed by atoms with Crippen LogP contribution in [-0.2, 0) is 9.59 Å². The molecular weight excluding hydrogens is 290 g/mol. The highest BCUT2D eigenvalue weighted by molar-refractivity contribution is 5.85. The van der Waals surface area contributed by atoms with Crippen LogP contribution >= 0.6 is 12.4 Å². The standard InChI is InChI=1S/C15H27N3O2.ClH/c1-3-4-7-17-14(19)12-6-5-11(2)18(10-12)15(20)13-8-16-9-13;/h11-13,16H,3-10H2,1-2H3,(H,17,19);1H. The van der Waals surface area contributed by atoms with Crippen LogP contribution in [-0.4, -0.2) is 48.9 Å². The quantitative estimate of drug-likeness (QED) is 0.748. The van der Waals surface area contributed by atoms with Crippen LogP contribution < -0.4 is 10.6 Å². The van der Waals surface area contributed by atoms with E-state index < -0.39 is 0 Å². The lowest BCUT2D eigenvalue weighted by Crippen LogP contribution is -2.57. The molecule has 0 aliphatic carbocycles. The van der Waals surface area contributed by atoms with Gasteiger partial charge in [-0.1, -0.05) is 13.3 Å². The Bertz CT molecular complexity index is 361. The Morgan fingerprint density at radius 1 is 1.24 bits per heavy atom. The molecule has 2 aliphatic rings. The highest BCUT2D eigenvalue weighted by Crippen LogP contribution is 2.24. The molecule has 0 bridgehead atoms. The maximum Gasteiger partial charge on any atom is 0.228 e. The first kappa shape index (κ1) is 18.2. The van der Waals surface area contributed by atoms with Gasteiger partial charge in [0, 0.05) is 32.2 Å². The minimum atomic E-state index is -0.0277. The number of likely N-dealkylation sites (tertiary alicyclic amines) is 1. The van der Waals surface area contributed by atoms with Crippen LogP contribution in [0.1, 0.15) is 39.5 Å². The maximum atomic E-state index is 12.4. The monoisotopic (exact) mass is 317 g/mol. The zero-order chi connectivity index (χ0) is 14.5. The van der Waals surface area contributed by atoms with Crippen LogP contribution in [0.5, 0.6) is 0 Å². The maximum absolute atomic E-state index is 12.4. The van der Waals surface area contributed by atoms with E-state index in [1.54, 1.807) is 0 Å². The predicted octanol–water partition coefficient (Wildman–Crippen LogP) is 1.17. The first-order chi connectivity index (χ1) is 9.63. The number of hydrogen-bond donors (Lipinski definition) is 2. The van der Waals surface area contributed by atoms with Gasteiger partial charge in [-0.05, 0) is 26.2 Å². The molecule has 5 nitrogen and oxygen atoms in total. The summed E-state index contributed by atoms with van der Waals surface area (Å²) in [5, 5.41) is 6.13. The molecule has 2 aliphatic heterocycles. The number of unbranched alkanes of at least 4 members (excludes halogenated alkanes) is 1. The highest BCUT2D eigenvalue weighted by Gasteiger charge is 2.37. The zero-order valence-electron chi connectivity index (χ0n) is 13.1. The molecule has 0 spiro atoms. The summed E-state index contributed by atoms with van der Waals surface area (Å²) in [6.45, 7) is 7.12. The van der Waals surface area contributed by atoms with Gasteiger partial charge in [0.2, 0.25) is 11.8 Å². The van der Waals surface area contributed by atoms with Crippen molar-refractivity contribution in [1.29, 1.82) is 0 Å². The molecule has 2 atom stereocenters. The summed E-state index contributed by atoms with van der Waals surface area (Å²) in [4.78, 5) is 26.4. The summed E-state index contributed by atoms with van der Waals surface area (Å²) >= 11 is 0. The van der Waals surface area contributed by atoms with Gasteiger partial charge in [0.15, 0.2) is 0 Å². The Balaban J connectivity index is 0.00000220. The van der Waals surface area contributed by atoms with Crippen molar-refractivity contribution in [2.45, 2.75) is 45.6 Å². The topological polar surface area (TPSA) is 61.4 Å². The third-order valence-electron chi connectivity index (χ3n) is 4.50. The average molecular weight is 318 g/mol. The molecule has 0 aromatic rings. The van der Waals surface area contributed by atoms with Crippen molar-refractivity contribution >= 4 is 24.2 Å². The second-order valence-corrected chi connectivity index (χ2v) is 6.11. The summed E-state index contributed by atoms with van der Waals surface area (Å²) in [6.07, 6.45) is 3.93. The smallest absolute Gasteiger partial charge is 0.228 e. The molecular formula is C15H28ClN3O2. The van der Waals surface area contributed by atoms with Crippen molar-refractivity contribution < 1.29 is 9.59 Å². The Hall–Kier alpha value is -0.810. The van der Waals surface area contributed by atoms with Gasteiger partial charge in [0.25, 0.3) is 0 Å². The molecule has 6 heteroatoms. The van der Waals surface area contributed by atoms with Crippen LogP contribution in [0.25, 0.3) is 0 Å². The lowest BCUT2D eigenvalue weighted by Gasteiger charge is -2.41. The molecule has 2 unspecified atom stereocenters. The highest BCUT2D eigenvalue weighted by atomic mass is 35.5. The van der Waals surface area contributed by atoms with Gasteiger partial charge >= 0.3 is 0 Å². The minimum Gasteiger partial charge on any atom is -0.356 e. The number of carbonyl (C=O) groups is 2. The van der Waals surface area contributed by atoms with Gasteiger partial charge in [-0.3, -0.25) is 9.59 Å². The van der Waals surface area contributed by atoms with Crippen molar-refractivity contribution in [3.05, 3.63) is 0 Å². The van der Waals surface area contributed by atoms with Gasteiger partial charge in [-0.2, -0.15) is 0 Å². The molecule has 2 heterocycles. The van der Waals surface area contributed by atoms with Crippen molar-refractivity contribution in [2.75, 3.05) is 26.2 Å². The number of nitrogens with zero attached hydrogens (tertiary/aromatic N) is 1. The normalized spacial score (nSPS) is 25.7. The van der Waals surface area contributed by atoms with E-state index in [9.17, 15) is 9.59 Å². The van der Waals surface area contributed by atoms with Gasteiger partial charge in [0.1, 0.15) is 0 Å². The van der Waals surface area contributed by atoms with Crippen LogP contribution in [0.15, 0.2) is 0 Å². The number of amides is 2.